The second kappa shape index (κ2) is 10.9. The summed E-state index contributed by atoms with van der Waals surface area (Å²) < 4.78 is 0. The number of fused-ring (bicyclic) bond motifs is 8. The fraction of sp³-hybridized carbons (Fsp3) is 0.250. The molecule has 6 rings (SSSR count). The molecule has 42 heavy (non-hydrogen) atoms. The van der Waals surface area contributed by atoms with Crippen LogP contribution in [0.2, 0.25) is 0 Å². The van der Waals surface area contributed by atoms with Crippen LogP contribution in [0.1, 0.15) is 80.9 Å². The summed E-state index contributed by atoms with van der Waals surface area (Å²) in [5.74, 6) is -0.822. The number of carbonyl (C=O) groups is 1. The van der Waals surface area contributed by atoms with Crippen LogP contribution in [0.5, 0.6) is 0 Å². The Morgan fingerprint density at radius 3 is 2.21 bits per heavy atom. The van der Waals surface area contributed by atoms with Crippen LogP contribution < -0.4 is 0 Å². The van der Waals surface area contributed by atoms with Crippen molar-refractivity contribution < 1.29 is 9.90 Å². The lowest BCUT2D eigenvalue weighted by Crippen LogP contribution is -1.97. The number of nitrogens with one attached hydrogen (secondary N) is 2. The van der Waals surface area contributed by atoms with Crippen molar-refractivity contribution in [2.45, 2.75) is 60.3 Å². The summed E-state index contributed by atoms with van der Waals surface area (Å²) in [6, 6.07) is 20.8. The number of hydrogen-bond acceptors (Lipinski definition) is 3. The van der Waals surface area contributed by atoms with Crippen molar-refractivity contribution >= 4 is 50.3 Å². The van der Waals surface area contributed by atoms with Gasteiger partial charge in [-0.05, 0) is 109 Å². The number of benzene rings is 1. The molecule has 3 N–H and O–H groups in total. The van der Waals surface area contributed by atoms with Crippen molar-refractivity contribution in [3.8, 4) is 11.1 Å². The maximum absolute atomic E-state index is 11.7. The minimum atomic E-state index is -0.822. The van der Waals surface area contributed by atoms with Crippen LogP contribution in [0.25, 0.3) is 55.5 Å². The Labute approximate surface area is 245 Å². The van der Waals surface area contributed by atoms with E-state index >= 15 is 0 Å². The molecular weight excluding hydrogens is 520 g/mol. The first-order chi connectivity index (χ1) is 20.3. The number of carboxylic acid groups (broad SMARTS) is 1. The summed E-state index contributed by atoms with van der Waals surface area (Å²) in [6.45, 7) is 10.7. The molecule has 5 heterocycles. The summed E-state index contributed by atoms with van der Waals surface area (Å²) in [6.07, 6.45) is 2.20. The Morgan fingerprint density at radius 1 is 0.762 bits per heavy atom. The van der Waals surface area contributed by atoms with E-state index in [1.54, 1.807) is 0 Å². The Kier molecular flexibility index (Phi) is 7.15. The summed E-state index contributed by atoms with van der Waals surface area (Å²) in [5.41, 5.74) is 16.4. The van der Waals surface area contributed by atoms with Gasteiger partial charge in [-0.1, -0.05) is 44.2 Å². The van der Waals surface area contributed by atoms with E-state index < -0.39 is 5.97 Å². The van der Waals surface area contributed by atoms with Crippen LogP contribution in [-0.2, 0) is 11.2 Å². The molecular formula is C36H36N4O2. The fourth-order valence-corrected chi connectivity index (χ4v) is 6.31. The van der Waals surface area contributed by atoms with E-state index in [0.29, 0.717) is 6.42 Å². The molecule has 0 amide bonds. The topological polar surface area (TPSA) is 94.7 Å². The first-order valence-corrected chi connectivity index (χ1v) is 14.7. The van der Waals surface area contributed by atoms with Crippen molar-refractivity contribution in [1.29, 1.82) is 0 Å². The highest BCUT2D eigenvalue weighted by atomic mass is 16.4. The molecule has 8 bridgehead atoms. The van der Waals surface area contributed by atoms with Crippen molar-refractivity contribution in [3.05, 3.63) is 94.6 Å². The van der Waals surface area contributed by atoms with Gasteiger partial charge in [0.25, 0.3) is 0 Å². The van der Waals surface area contributed by atoms with Gasteiger partial charge in [-0.15, -0.1) is 0 Å². The number of H-pyrrole nitrogens is 2. The van der Waals surface area contributed by atoms with Gasteiger partial charge in [-0.25, -0.2) is 9.97 Å². The van der Waals surface area contributed by atoms with Crippen LogP contribution in [0.3, 0.4) is 0 Å². The van der Waals surface area contributed by atoms with E-state index in [9.17, 15) is 9.90 Å². The van der Waals surface area contributed by atoms with E-state index in [1.807, 2.05) is 18.2 Å². The lowest BCUT2D eigenvalue weighted by Gasteiger charge is -2.09. The molecule has 2 aliphatic heterocycles. The van der Waals surface area contributed by atoms with Gasteiger partial charge in [0.1, 0.15) is 0 Å². The van der Waals surface area contributed by atoms with Crippen molar-refractivity contribution in [2.75, 3.05) is 0 Å². The second-order valence-corrected chi connectivity index (χ2v) is 11.1. The van der Waals surface area contributed by atoms with Gasteiger partial charge in [0.15, 0.2) is 0 Å². The maximum atomic E-state index is 11.7. The number of hydrogen-bond donors (Lipinski definition) is 3. The van der Waals surface area contributed by atoms with E-state index in [1.165, 1.54) is 22.3 Å². The molecule has 0 saturated carbocycles. The van der Waals surface area contributed by atoms with E-state index in [2.05, 4.69) is 87.1 Å². The minimum Gasteiger partial charge on any atom is -0.481 e. The van der Waals surface area contributed by atoms with E-state index in [-0.39, 0.29) is 6.42 Å². The molecule has 0 radical (unpaired) electrons. The average Bonchev–Trinajstić information content (AvgIpc) is 3.70. The molecule has 4 aromatic rings. The maximum Gasteiger partial charge on any atom is 0.303 e. The molecule has 0 unspecified atom stereocenters. The molecule has 212 valence electrons. The lowest BCUT2D eigenvalue weighted by atomic mass is 9.95. The molecule has 0 fully saturated rings. The third-order valence-corrected chi connectivity index (χ3v) is 8.62. The highest BCUT2D eigenvalue weighted by Gasteiger charge is 2.24. The van der Waals surface area contributed by atoms with Gasteiger partial charge >= 0.3 is 5.97 Å². The third kappa shape index (κ3) is 4.77. The van der Waals surface area contributed by atoms with Gasteiger partial charge < -0.3 is 15.1 Å². The molecule has 0 aliphatic carbocycles. The summed E-state index contributed by atoms with van der Waals surface area (Å²) >= 11 is 0. The monoisotopic (exact) mass is 556 g/mol. The summed E-state index contributed by atoms with van der Waals surface area (Å²) in [7, 11) is 0. The first kappa shape index (κ1) is 27.5. The van der Waals surface area contributed by atoms with Gasteiger partial charge in [-0.2, -0.15) is 0 Å². The Bertz CT molecular complexity index is 1960. The van der Waals surface area contributed by atoms with Crippen molar-refractivity contribution in [1.82, 2.24) is 19.9 Å². The van der Waals surface area contributed by atoms with Crippen LogP contribution in [0.15, 0.2) is 60.7 Å². The number of aromatic nitrogens is 4. The zero-order valence-corrected chi connectivity index (χ0v) is 24.9. The fourth-order valence-electron chi connectivity index (χ4n) is 6.31. The largest absolute Gasteiger partial charge is 0.481 e. The van der Waals surface area contributed by atoms with Crippen LogP contribution in [0, 0.1) is 6.92 Å². The number of aromatic amines is 2. The Balaban J connectivity index is 1.80. The Hall–Kier alpha value is -4.71. The Morgan fingerprint density at radius 2 is 1.50 bits per heavy atom. The lowest BCUT2D eigenvalue weighted by molar-refractivity contribution is -0.136. The highest BCUT2D eigenvalue weighted by molar-refractivity contribution is 6.01. The minimum absolute atomic E-state index is 0.0336. The zero-order chi connectivity index (χ0) is 29.5. The van der Waals surface area contributed by atoms with E-state index in [0.717, 1.165) is 80.0 Å². The van der Waals surface area contributed by atoms with Gasteiger partial charge in [0.05, 0.1) is 22.8 Å². The van der Waals surface area contributed by atoms with Crippen molar-refractivity contribution in [3.63, 3.8) is 0 Å². The standard InChI is InChI=1S/C36H36N4O2/c1-6-25-20(3)29-17-24-13-15-28(37-24)35(23-11-9-8-10-12-23)36-27(14-16-34(41)42)22(5)31(40-36)19-33-26(7-2)21(4)30(39-33)18-32(25)38-29/h8-13,15,17-19,37-38H,6-7,14,16H2,1-5H3,(H,41,42). The van der Waals surface area contributed by atoms with Gasteiger partial charge in [0, 0.05) is 34.1 Å². The predicted molar refractivity (Wildman–Crippen MR) is 173 cm³/mol. The smallest absolute Gasteiger partial charge is 0.303 e. The molecule has 0 saturated heterocycles. The first-order valence-electron chi connectivity index (χ1n) is 14.7. The molecule has 2 aliphatic rings. The average molecular weight is 557 g/mol. The third-order valence-electron chi connectivity index (χ3n) is 8.62. The number of nitrogens with zero attached hydrogens (tertiary/aromatic N) is 2. The van der Waals surface area contributed by atoms with Gasteiger partial charge in [-0.3, -0.25) is 4.79 Å². The number of allylic oxidation sites excluding steroid dienone is 4. The molecule has 0 spiro atoms. The van der Waals surface area contributed by atoms with E-state index in [4.69, 9.17) is 9.97 Å². The quantitative estimate of drug-likeness (QED) is 0.221. The number of aliphatic carboxylic acids is 1. The molecule has 6 nitrogen and oxygen atoms in total. The van der Waals surface area contributed by atoms with Crippen LogP contribution >= 0.6 is 0 Å². The second-order valence-electron chi connectivity index (χ2n) is 11.1. The number of carboxylic acids is 1. The zero-order valence-electron chi connectivity index (χ0n) is 24.9. The molecule has 3 aromatic heterocycles. The predicted octanol–water partition coefficient (Wildman–Crippen LogP) is 8.99. The summed E-state index contributed by atoms with van der Waals surface area (Å²) in [4.78, 5) is 29.4. The number of rotatable bonds is 6. The van der Waals surface area contributed by atoms with Crippen molar-refractivity contribution in [2.24, 2.45) is 0 Å². The van der Waals surface area contributed by atoms with Gasteiger partial charge in [0.2, 0.25) is 0 Å². The molecule has 0 atom stereocenters. The highest BCUT2D eigenvalue weighted by Crippen LogP contribution is 2.41. The van der Waals surface area contributed by atoms with Crippen LogP contribution in [0.4, 0.5) is 0 Å². The summed E-state index contributed by atoms with van der Waals surface area (Å²) in [5, 5.41) is 9.61. The molecule has 6 heteroatoms. The number of aryl methyl sites for hydroxylation is 2. The molecule has 1 aromatic carbocycles. The SMILES string of the molecule is CCC1=C(C)c2cc3[nH]c(cc4ccc([nH]4)c(-c4ccccc4)c4nc(cc1n2)C(C)=C4CCC(=O)O)c(C)c3CC. The van der Waals surface area contributed by atoms with Crippen LogP contribution in [-0.4, -0.2) is 31.0 Å². The normalized spacial score (nSPS) is 13.3.